The first-order valence-electron chi connectivity index (χ1n) is 14.8. The predicted molar refractivity (Wildman–Crippen MR) is 140 cm³/mol. The van der Waals surface area contributed by atoms with Crippen LogP contribution in [0.25, 0.3) is 0 Å². The van der Waals surface area contributed by atoms with Gasteiger partial charge in [-0.2, -0.15) is 0 Å². The minimum absolute atomic E-state index is 0.00113. The first-order valence-corrected chi connectivity index (χ1v) is 14.8. The van der Waals surface area contributed by atoms with E-state index in [-0.39, 0.29) is 40.6 Å². The van der Waals surface area contributed by atoms with Crippen LogP contribution in [0.3, 0.4) is 0 Å². The SMILES string of the molecule is CC(=O)CCCC(=O)O[C@H]1CC[C@@]2(C)[C@H](CC[C@@H]3[C@@H]2C[C@H](O)[C@]2(C)[C@@H](C(C)CCC(C)=O)CC[C@@H]32)C1. The molecule has 0 aromatic carbocycles. The molecule has 0 aliphatic heterocycles. The molecule has 0 bridgehead atoms. The van der Waals surface area contributed by atoms with Crippen LogP contribution in [-0.4, -0.2) is 34.9 Å². The monoisotopic (exact) mass is 502 g/mol. The number of ether oxygens (including phenoxy) is 1. The second-order valence-corrected chi connectivity index (χ2v) is 13.6. The smallest absolute Gasteiger partial charge is 0.306 e. The summed E-state index contributed by atoms with van der Waals surface area (Å²) in [5.74, 6) is 3.56. The third-order valence-corrected chi connectivity index (χ3v) is 11.6. The molecule has 4 aliphatic carbocycles. The molecule has 5 nitrogen and oxygen atoms in total. The van der Waals surface area contributed by atoms with Gasteiger partial charge in [-0.15, -0.1) is 0 Å². The van der Waals surface area contributed by atoms with E-state index >= 15 is 0 Å². The molecule has 4 aliphatic rings. The fraction of sp³-hybridized carbons (Fsp3) is 0.903. The van der Waals surface area contributed by atoms with E-state index in [1.54, 1.807) is 13.8 Å². The number of fused-ring (bicyclic) bond motifs is 5. The fourth-order valence-electron chi connectivity index (χ4n) is 9.61. The molecule has 5 heteroatoms. The van der Waals surface area contributed by atoms with E-state index in [1.165, 1.54) is 25.7 Å². The van der Waals surface area contributed by atoms with Crippen molar-refractivity contribution in [2.24, 2.45) is 46.3 Å². The van der Waals surface area contributed by atoms with Crippen LogP contribution < -0.4 is 0 Å². The molecule has 1 unspecified atom stereocenters. The summed E-state index contributed by atoms with van der Waals surface area (Å²) in [6.45, 7) is 10.4. The summed E-state index contributed by atoms with van der Waals surface area (Å²) in [4.78, 5) is 35.1. The first kappa shape index (κ1) is 27.8. The van der Waals surface area contributed by atoms with Gasteiger partial charge in [-0.25, -0.2) is 0 Å². The van der Waals surface area contributed by atoms with Crippen LogP contribution in [-0.2, 0) is 19.1 Å². The van der Waals surface area contributed by atoms with Crippen molar-refractivity contribution in [3.05, 3.63) is 0 Å². The maximum absolute atomic E-state index is 12.3. The maximum Gasteiger partial charge on any atom is 0.306 e. The molecule has 0 saturated heterocycles. The molecule has 1 N–H and O–H groups in total. The molecule has 4 fully saturated rings. The summed E-state index contributed by atoms with van der Waals surface area (Å²) in [6.07, 6.45) is 11.3. The number of carbonyl (C=O) groups is 3. The predicted octanol–water partition coefficient (Wildman–Crippen LogP) is 6.29. The molecule has 36 heavy (non-hydrogen) atoms. The molecular weight excluding hydrogens is 452 g/mol. The molecule has 4 saturated carbocycles. The van der Waals surface area contributed by atoms with E-state index in [1.807, 2.05) is 0 Å². The van der Waals surface area contributed by atoms with Gasteiger partial charge < -0.3 is 19.4 Å². The highest BCUT2D eigenvalue weighted by Crippen LogP contribution is 2.68. The maximum atomic E-state index is 12.3. The second kappa shape index (κ2) is 10.9. The van der Waals surface area contributed by atoms with Crippen LogP contribution in [0, 0.1) is 46.3 Å². The number of hydrogen-bond acceptors (Lipinski definition) is 5. The Morgan fingerprint density at radius 2 is 1.64 bits per heavy atom. The van der Waals surface area contributed by atoms with Crippen LogP contribution >= 0.6 is 0 Å². The van der Waals surface area contributed by atoms with E-state index in [0.717, 1.165) is 32.1 Å². The lowest BCUT2D eigenvalue weighted by Gasteiger charge is -2.62. The van der Waals surface area contributed by atoms with Crippen molar-refractivity contribution in [1.82, 2.24) is 0 Å². The standard InChI is InChI=1S/C31H50O5/c1-19(9-10-21(3)33)25-13-14-26-24-12-11-22-17-23(36-29(35)8-6-7-20(2)32)15-16-30(22,4)27(24)18-28(34)31(25,26)5/h19,22-28,34H,6-18H2,1-5H3/t19?,22-,23+,24+,25-,26+,27+,28+,30+,31-/m1/s1. The number of esters is 1. The summed E-state index contributed by atoms with van der Waals surface area (Å²) in [5.41, 5.74) is 0.175. The van der Waals surface area contributed by atoms with E-state index in [0.29, 0.717) is 61.2 Å². The van der Waals surface area contributed by atoms with Crippen molar-refractivity contribution in [3.8, 4) is 0 Å². The van der Waals surface area contributed by atoms with Crippen LogP contribution in [0.15, 0.2) is 0 Å². The van der Waals surface area contributed by atoms with Gasteiger partial charge in [-0.1, -0.05) is 20.8 Å². The van der Waals surface area contributed by atoms with Crippen LogP contribution in [0.4, 0.5) is 0 Å². The Bertz CT molecular complexity index is 837. The van der Waals surface area contributed by atoms with Gasteiger partial charge in [-0.3, -0.25) is 4.79 Å². The molecule has 0 aromatic rings. The van der Waals surface area contributed by atoms with Gasteiger partial charge in [-0.05, 0) is 124 Å². The van der Waals surface area contributed by atoms with E-state index in [9.17, 15) is 19.5 Å². The quantitative estimate of drug-likeness (QED) is 0.375. The largest absolute Gasteiger partial charge is 0.462 e. The number of carbonyl (C=O) groups excluding carboxylic acids is 3. The third kappa shape index (κ3) is 5.20. The van der Waals surface area contributed by atoms with Crippen molar-refractivity contribution in [2.75, 3.05) is 0 Å². The number of ketones is 2. The molecule has 0 radical (unpaired) electrons. The summed E-state index contributed by atoms with van der Waals surface area (Å²) in [7, 11) is 0. The van der Waals surface area contributed by atoms with Gasteiger partial charge in [0.1, 0.15) is 17.7 Å². The zero-order valence-electron chi connectivity index (χ0n) is 23.4. The molecule has 10 atom stereocenters. The highest BCUT2D eigenvalue weighted by molar-refractivity contribution is 5.76. The van der Waals surface area contributed by atoms with Gasteiger partial charge in [0.25, 0.3) is 0 Å². The Kier molecular flexibility index (Phi) is 8.39. The minimum Gasteiger partial charge on any atom is -0.462 e. The second-order valence-electron chi connectivity index (χ2n) is 13.6. The van der Waals surface area contributed by atoms with E-state index in [4.69, 9.17) is 4.74 Å². The number of Topliss-reactive ketones (excluding diaryl/α,β-unsaturated/α-hetero) is 2. The van der Waals surface area contributed by atoms with Crippen LogP contribution in [0.1, 0.15) is 118 Å². The zero-order chi connectivity index (χ0) is 26.3. The van der Waals surface area contributed by atoms with Crippen molar-refractivity contribution in [2.45, 2.75) is 130 Å². The van der Waals surface area contributed by atoms with Gasteiger partial charge in [0.15, 0.2) is 0 Å². The third-order valence-electron chi connectivity index (χ3n) is 11.6. The highest BCUT2D eigenvalue weighted by atomic mass is 16.5. The summed E-state index contributed by atoms with van der Waals surface area (Å²) < 4.78 is 5.87. The number of aliphatic hydroxyl groups is 1. The average Bonchev–Trinajstić information content (AvgIpc) is 3.17. The fourth-order valence-corrected chi connectivity index (χ4v) is 9.61. The number of hydrogen-bond donors (Lipinski definition) is 1. The minimum atomic E-state index is -0.275. The Morgan fingerprint density at radius 3 is 2.33 bits per heavy atom. The Balaban J connectivity index is 1.40. The Hall–Kier alpha value is -1.23. The summed E-state index contributed by atoms with van der Waals surface area (Å²) in [6, 6.07) is 0. The van der Waals surface area contributed by atoms with Crippen molar-refractivity contribution < 1.29 is 24.2 Å². The van der Waals surface area contributed by atoms with Gasteiger partial charge in [0, 0.05) is 19.3 Å². The van der Waals surface area contributed by atoms with Crippen molar-refractivity contribution >= 4 is 17.5 Å². The average molecular weight is 503 g/mol. The van der Waals surface area contributed by atoms with E-state index < -0.39 is 0 Å². The normalized spacial score (nSPS) is 42.6. The lowest BCUT2D eigenvalue weighted by atomic mass is 9.43. The van der Waals surface area contributed by atoms with Gasteiger partial charge >= 0.3 is 5.97 Å². The van der Waals surface area contributed by atoms with E-state index in [2.05, 4.69) is 20.8 Å². The molecule has 4 rings (SSSR count). The lowest BCUT2D eigenvalue weighted by molar-refractivity contribution is -0.181. The molecule has 204 valence electrons. The number of rotatable bonds is 9. The van der Waals surface area contributed by atoms with Gasteiger partial charge in [0.05, 0.1) is 6.10 Å². The first-order chi connectivity index (χ1) is 17.0. The lowest BCUT2D eigenvalue weighted by Crippen LogP contribution is -2.59. The molecule has 0 amide bonds. The topological polar surface area (TPSA) is 80.7 Å². The van der Waals surface area contributed by atoms with Crippen LogP contribution in [0.2, 0.25) is 0 Å². The molecule has 0 heterocycles. The molecular formula is C31H50O5. The molecule has 0 spiro atoms. The summed E-state index contributed by atoms with van der Waals surface area (Å²) in [5, 5.41) is 11.7. The zero-order valence-corrected chi connectivity index (χ0v) is 23.4. The Morgan fingerprint density at radius 1 is 0.917 bits per heavy atom. The molecule has 0 aromatic heterocycles. The summed E-state index contributed by atoms with van der Waals surface area (Å²) >= 11 is 0. The van der Waals surface area contributed by atoms with Crippen LogP contribution in [0.5, 0.6) is 0 Å². The highest BCUT2D eigenvalue weighted by Gasteiger charge is 2.63. The number of aliphatic hydroxyl groups excluding tert-OH is 1. The van der Waals surface area contributed by atoms with Crippen molar-refractivity contribution in [1.29, 1.82) is 0 Å². The van der Waals surface area contributed by atoms with Gasteiger partial charge in [0.2, 0.25) is 0 Å². The Labute approximate surface area is 218 Å². The van der Waals surface area contributed by atoms with Crippen molar-refractivity contribution in [3.63, 3.8) is 0 Å².